The summed E-state index contributed by atoms with van der Waals surface area (Å²) < 4.78 is 10.1. The van der Waals surface area contributed by atoms with Gasteiger partial charge in [-0.15, -0.1) is 0 Å². The second-order valence-corrected chi connectivity index (χ2v) is 5.58. The average molecular weight is 345 g/mol. The van der Waals surface area contributed by atoms with Crippen LogP contribution in [0.25, 0.3) is 11.3 Å². The van der Waals surface area contributed by atoms with E-state index in [4.69, 9.17) is 20.9 Å². The molecule has 0 atom stereocenters. The van der Waals surface area contributed by atoms with Gasteiger partial charge >= 0.3 is 5.97 Å². The molecule has 0 aliphatic rings. The number of carbonyl (C=O) groups excluding carboxylic acids is 2. The number of H-pyrrole nitrogens is 1. The summed E-state index contributed by atoms with van der Waals surface area (Å²) >= 11 is 5.89. The van der Waals surface area contributed by atoms with Crippen molar-refractivity contribution in [1.82, 2.24) is 10.1 Å². The molecule has 6 nitrogen and oxygen atoms in total. The van der Waals surface area contributed by atoms with Crippen molar-refractivity contribution in [2.45, 2.75) is 13.8 Å². The third-order valence-electron chi connectivity index (χ3n) is 3.38. The fraction of sp³-hybridized carbons (Fsp3) is 0.118. The summed E-state index contributed by atoms with van der Waals surface area (Å²) in [5, 5.41) is 4.57. The Hall–Kier alpha value is -2.86. The minimum atomic E-state index is -0.473. The predicted octanol–water partition coefficient (Wildman–Crippen LogP) is 3.79. The molecule has 7 heteroatoms. The lowest BCUT2D eigenvalue weighted by Crippen LogP contribution is -2.03. The Kier molecular flexibility index (Phi) is 4.22. The van der Waals surface area contributed by atoms with Crippen molar-refractivity contribution in [2.24, 2.45) is 0 Å². The number of aromatic nitrogens is 2. The SMILES string of the molecule is CC(=O)Oc1cc(C(=O)c2c(-c3ccc(Cl)cc3)noc2C)c[nH]1. The van der Waals surface area contributed by atoms with Gasteiger partial charge < -0.3 is 14.2 Å². The molecule has 0 saturated heterocycles. The fourth-order valence-electron chi connectivity index (χ4n) is 2.31. The molecule has 0 spiro atoms. The van der Waals surface area contributed by atoms with E-state index in [-0.39, 0.29) is 11.7 Å². The van der Waals surface area contributed by atoms with Gasteiger partial charge in [-0.05, 0) is 19.1 Å². The van der Waals surface area contributed by atoms with Crippen molar-refractivity contribution in [3.63, 3.8) is 0 Å². The van der Waals surface area contributed by atoms with Gasteiger partial charge in [-0.25, -0.2) is 0 Å². The number of ether oxygens (including phenoxy) is 1. The Labute approximate surface area is 142 Å². The number of aromatic amines is 1. The number of hydrogen-bond donors (Lipinski definition) is 1. The first-order valence-electron chi connectivity index (χ1n) is 7.09. The number of aryl methyl sites for hydroxylation is 1. The lowest BCUT2D eigenvalue weighted by molar-refractivity contribution is -0.132. The van der Waals surface area contributed by atoms with Crippen molar-refractivity contribution in [1.29, 1.82) is 0 Å². The van der Waals surface area contributed by atoms with Crippen LogP contribution < -0.4 is 4.74 Å². The Morgan fingerprint density at radius 3 is 2.62 bits per heavy atom. The number of hydrogen-bond acceptors (Lipinski definition) is 5. The second-order valence-electron chi connectivity index (χ2n) is 5.14. The van der Waals surface area contributed by atoms with E-state index in [0.717, 1.165) is 5.56 Å². The number of carbonyl (C=O) groups is 2. The largest absolute Gasteiger partial charge is 0.410 e. The minimum Gasteiger partial charge on any atom is -0.410 e. The summed E-state index contributed by atoms with van der Waals surface area (Å²) in [5.74, 6) is -0.152. The van der Waals surface area contributed by atoms with E-state index in [2.05, 4.69) is 10.1 Å². The van der Waals surface area contributed by atoms with Crippen LogP contribution in [0, 0.1) is 6.92 Å². The Bertz CT molecular complexity index is 909. The standard InChI is InChI=1S/C17H13ClN2O4/c1-9-15(16(20-24-9)11-3-5-13(18)6-4-11)17(22)12-7-14(19-8-12)23-10(2)21/h3-8,19H,1-2H3. The zero-order chi connectivity index (χ0) is 17.3. The molecule has 2 aromatic heterocycles. The van der Waals surface area contributed by atoms with Gasteiger partial charge in [0.15, 0.2) is 0 Å². The number of nitrogens with zero attached hydrogens (tertiary/aromatic N) is 1. The molecule has 0 radical (unpaired) electrons. The van der Waals surface area contributed by atoms with Gasteiger partial charge in [0.1, 0.15) is 11.5 Å². The predicted molar refractivity (Wildman–Crippen MR) is 87.2 cm³/mol. The molecule has 24 heavy (non-hydrogen) atoms. The van der Waals surface area contributed by atoms with Gasteiger partial charge in [-0.2, -0.15) is 0 Å². The number of halogens is 1. The van der Waals surface area contributed by atoms with E-state index >= 15 is 0 Å². The molecule has 1 N–H and O–H groups in total. The average Bonchev–Trinajstić information content (AvgIpc) is 3.14. The molecule has 0 unspecified atom stereocenters. The van der Waals surface area contributed by atoms with Crippen molar-refractivity contribution in [2.75, 3.05) is 0 Å². The number of benzene rings is 1. The van der Waals surface area contributed by atoms with Gasteiger partial charge in [0.2, 0.25) is 11.7 Å². The maximum absolute atomic E-state index is 12.8. The highest BCUT2D eigenvalue weighted by molar-refractivity contribution is 6.30. The summed E-state index contributed by atoms with van der Waals surface area (Å²) in [5.41, 5.74) is 1.85. The van der Waals surface area contributed by atoms with E-state index < -0.39 is 5.97 Å². The molecule has 0 saturated carbocycles. The number of ketones is 1. The molecule has 0 bridgehead atoms. The second kappa shape index (κ2) is 6.33. The summed E-state index contributed by atoms with van der Waals surface area (Å²) in [4.78, 5) is 26.5. The van der Waals surface area contributed by atoms with Crippen LogP contribution in [0.5, 0.6) is 5.88 Å². The maximum atomic E-state index is 12.8. The number of rotatable bonds is 4. The van der Waals surface area contributed by atoms with E-state index in [1.165, 1.54) is 19.2 Å². The van der Waals surface area contributed by atoms with Crippen molar-refractivity contribution < 1.29 is 18.8 Å². The summed E-state index contributed by atoms with van der Waals surface area (Å²) in [7, 11) is 0. The van der Waals surface area contributed by atoms with Gasteiger partial charge in [0, 0.05) is 35.3 Å². The quantitative estimate of drug-likeness (QED) is 0.575. The third kappa shape index (κ3) is 3.09. The Morgan fingerprint density at radius 2 is 1.96 bits per heavy atom. The van der Waals surface area contributed by atoms with E-state index in [1.807, 2.05) is 0 Å². The van der Waals surface area contributed by atoms with Gasteiger partial charge in [0.25, 0.3) is 0 Å². The summed E-state index contributed by atoms with van der Waals surface area (Å²) in [6, 6.07) is 8.41. The van der Waals surface area contributed by atoms with E-state index in [9.17, 15) is 9.59 Å². The molecular formula is C17H13ClN2O4. The van der Waals surface area contributed by atoms with Crippen LogP contribution in [0.1, 0.15) is 28.6 Å². The van der Waals surface area contributed by atoms with Crippen LogP contribution >= 0.6 is 11.6 Å². The number of nitrogens with one attached hydrogen (secondary N) is 1. The highest BCUT2D eigenvalue weighted by Crippen LogP contribution is 2.29. The van der Waals surface area contributed by atoms with Gasteiger partial charge in [-0.1, -0.05) is 28.9 Å². The molecule has 0 fully saturated rings. The molecule has 122 valence electrons. The van der Waals surface area contributed by atoms with Crippen LogP contribution in [0.4, 0.5) is 0 Å². The van der Waals surface area contributed by atoms with Crippen molar-refractivity contribution in [3.8, 4) is 17.1 Å². The maximum Gasteiger partial charge on any atom is 0.309 e. The summed E-state index contributed by atoms with van der Waals surface area (Å²) in [6.45, 7) is 2.95. The molecule has 3 rings (SSSR count). The highest BCUT2D eigenvalue weighted by Gasteiger charge is 2.24. The normalized spacial score (nSPS) is 10.6. The first-order valence-corrected chi connectivity index (χ1v) is 7.47. The van der Waals surface area contributed by atoms with Crippen LogP contribution in [-0.4, -0.2) is 21.9 Å². The van der Waals surface area contributed by atoms with Gasteiger partial charge in [0.05, 0.1) is 5.56 Å². The highest BCUT2D eigenvalue weighted by atomic mass is 35.5. The van der Waals surface area contributed by atoms with Crippen LogP contribution in [-0.2, 0) is 4.79 Å². The fourth-order valence-corrected chi connectivity index (χ4v) is 2.43. The van der Waals surface area contributed by atoms with Crippen LogP contribution in [0.3, 0.4) is 0 Å². The Morgan fingerprint density at radius 1 is 1.25 bits per heavy atom. The molecule has 0 aliphatic heterocycles. The smallest absolute Gasteiger partial charge is 0.309 e. The molecule has 2 heterocycles. The minimum absolute atomic E-state index is 0.202. The molecule has 0 aliphatic carbocycles. The molecule has 1 aromatic carbocycles. The monoisotopic (exact) mass is 344 g/mol. The van der Waals surface area contributed by atoms with E-state index in [1.54, 1.807) is 31.2 Å². The molecule has 3 aromatic rings. The zero-order valence-electron chi connectivity index (χ0n) is 12.9. The van der Waals surface area contributed by atoms with Gasteiger partial charge in [-0.3, -0.25) is 9.59 Å². The first kappa shape index (κ1) is 16.0. The lowest BCUT2D eigenvalue weighted by Gasteiger charge is -2.01. The molecular weight excluding hydrogens is 332 g/mol. The first-order chi connectivity index (χ1) is 11.5. The van der Waals surface area contributed by atoms with Crippen molar-refractivity contribution in [3.05, 3.63) is 58.4 Å². The van der Waals surface area contributed by atoms with Crippen LogP contribution in [0.2, 0.25) is 5.02 Å². The third-order valence-corrected chi connectivity index (χ3v) is 3.63. The molecule has 0 amide bonds. The zero-order valence-corrected chi connectivity index (χ0v) is 13.7. The van der Waals surface area contributed by atoms with Crippen LogP contribution in [0.15, 0.2) is 41.1 Å². The van der Waals surface area contributed by atoms with Crippen molar-refractivity contribution >= 4 is 23.4 Å². The van der Waals surface area contributed by atoms with E-state index in [0.29, 0.717) is 27.6 Å². The summed E-state index contributed by atoms with van der Waals surface area (Å²) in [6.07, 6.45) is 1.47. The Balaban J connectivity index is 1.98. The lowest BCUT2D eigenvalue weighted by atomic mass is 10.00. The topological polar surface area (TPSA) is 85.2 Å². The number of esters is 1.